The summed E-state index contributed by atoms with van der Waals surface area (Å²) in [6, 6.07) is 8.34. The maximum Gasteiger partial charge on any atom is 0.234 e. The molecule has 21 heavy (non-hydrogen) atoms. The lowest BCUT2D eigenvalue weighted by molar-refractivity contribution is -0.122. The van der Waals surface area contributed by atoms with E-state index in [-0.39, 0.29) is 11.9 Å². The molecule has 0 atom stereocenters. The molecule has 0 saturated carbocycles. The van der Waals surface area contributed by atoms with Gasteiger partial charge in [0.05, 0.1) is 13.7 Å². The summed E-state index contributed by atoms with van der Waals surface area (Å²) in [4.78, 5) is 16.3. The molecule has 116 valence electrons. The van der Waals surface area contributed by atoms with Gasteiger partial charge in [0.2, 0.25) is 5.91 Å². The quantitative estimate of drug-likeness (QED) is 0.889. The van der Waals surface area contributed by atoms with Crippen molar-refractivity contribution in [2.24, 2.45) is 0 Å². The van der Waals surface area contributed by atoms with E-state index in [1.165, 1.54) is 5.69 Å². The van der Waals surface area contributed by atoms with Crippen molar-refractivity contribution < 1.29 is 9.53 Å². The first-order valence-electron chi connectivity index (χ1n) is 7.49. The van der Waals surface area contributed by atoms with E-state index in [1.807, 2.05) is 26.0 Å². The molecule has 0 bridgehead atoms. The number of hydrogen-bond acceptors (Lipinski definition) is 4. The first kappa shape index (κ1) is 15.6. The van der Waals surface area contributed by atoms with Gasteiger partial charge in [-0.05, 0) is 38.1 Å². The average molecular weight is 291 g/mol. The third-order valence-corrected chi connectivity index (χ3v) is 3.63. The van der Waals surface area contributed by atoms with Gasteiger partial charge in [-0.15, -0.1) is 0 Å². The van der Waals surface area contributed by atoms with E-state index >= 15 is 0 Å². The first-order chi connectivity index (χ1) is 10.1. The standard InChI is InChI=1S/C16H25N3O2/c1-13(2)17-16(20)12-18-8-10-19(11-9-18)14-4-6-15(21-3)7-5-14/h4-7,13H,8-12H2,1-3H3,(H,17,20). The molecule has 1 aromatic carbocycles. The summed E-state index contributed by atoms with van der Waals surface area (Å²) in [6.45, 7) is 8.19. The van der Waals surface area contributed by atoms with Gasteiger partial charge < -0.3 is 15.0 Å². The molecular weight excluding hydrogens is 266 g/mol. The predicted octanol–water partition coefficient (Wildman–Crippen LogP) is 1.34. The number of rotatable bonds is 5. The molecule has 1 aliphatic heterocycles. The molecule has 1 fully saturated rings. The molecule has 1 aromatic rings. The number of nitrogens with zero attached hydrogens (tertiary/aromatic N) is 2. The van der Waals surface area contributed by atoms with E-state index < -0.39 is 0 Å². The third kappa shape index (κ3) is 4.63. The highest BCUT2D eigenvalue weighted by atomic mass is 16.5. The van der Waals surface area contributed by atoms with Crippen LogP contribution in [0.2, 0.25) is 0 Å². The minimum absolute atomic E-state index is 0.114. The van der Waals surface area contributed by atoms with Crippen LogP contribution in [0.15, 0.2) is 24.3 Å². The normalized spacial score (nSPS) is 16.1. The molecule has 2 rings (SSSR count). The molecule has 1 heterocycles. The minimum atomic E-state index is 0.114. The molecule has 1 amide bonds. The zero-order valence-electron chi connectivity index (χ0n) is 13.1. The zero-order chi connectivity index (χ0) is 15.2. The van der Waals surface area contributed by atoms with Crippen LogP contribution in [0, 0.1) is 0 Å². The molecule has 0 unspecified atom stereocenters. The number of hydrogen-bond donors (Lipinski definition) is 1. The van der Waals surface area contributed by atoms with Crippen molar-refractivity contribution in [3.8, 4) is 5.75 Å². The lowest BCUT2D eigenvalue weighted by Crippen LogP contribution is -2.50. The number of amides is 1. The van der Waals surface area contributed by atoms with E-state index in [9.17, 15) is 4.79 Å². The van der Waals surface area contributed by atoms with E-state index in [1.54, 1.807) is 7.11 Å². The largest absolute Gasteiger partial charge is 0.497 e. The van der Waals surface area contributed by atoms with E-state index in [2.05, 4.69) is 27.2 Å². The fourth-order valence-electron chi connectivity index (χ4n) is 2.53. The number of carbonyl (C=O) groups excluding carboxylic acids is 1. The minimum Gasteiger partial charge on any atom is -0.497 e. The third-order valence-electron chi connectivity index (χ3n) is 3.63. The van der Waals surface area contributed by atoms with Crippen LogP contribution in [0.5, 0.6) is 5.75 Å². The van der Waals surface area contributed by atoms with Gasteiger partial charge >= 0.3 is 0 Å². The van der Waals surface area contributed by atoms with Crippen LogP contribution in [-0.2, 0) is 4.79 Å². The summed E-state index contributed by atoms with van der Waals surface area (Å²) in [5, 5.41) is 2.94. The monoisotopic (exact) mass is 291 g/mol. The lowest BCUT2D eigenvalue weighted by Gasteiger charge is -2.35. The number of benzene rings is 1. The van der Waals surface area contributed by atoms with Crippen LogP contribution < -0.4 is 15.0 Å². The molecule has 0 aromatic heterocycles. The van der Waals surface area contributed by atoms with Crippen LogP contribution in [0.3, 0.4) is 0 Å². The Bertz CT molecular complexity index is 451. The Balaban J connectivity index is 1.81. The Hall–Kier alpha value is -1.75. The molecule has 1 saturated heterocycles. The van der Waals surface area contributed by atoms with Crippen LogP contribution >= 0.6 is 0 Å². The highest BCUT2D eigenvalue weighted by Gasteiger charge is 2.19. The van der Waals surface area contributed by atoms with Gasteiger partial charge in [0.1, 0.15) is 5.75 Å². The van der Waals surface area contributed by atoms with Gasteiger partial charge in [-0.1, -0.05) is 0 Å². The second-order valence-corrected chi connectivity index (χ2v) is 5.68. The SMILES string of the molecule is COc1ccc(N2CCN(CC(=O)NC(C)C)CC2)cc1. The fourth-order valence-corrected chi connectivity index (χ4v) is 2.53. The zero-order valence-corrected chi connectivity index (χ0v) is 13.1. The Kier molecular flexibility index (Phi) is 5.44. The van der Waals surface area contributed by atoms with Gasteiger partial charge in [-0.25, -0.2) is 0 Å². The van der Waals surface area contributed by atoms with Crippen LogP contribution in [0.1, 0.15) is 13.8 Å². The fraction of sp³-hybridized carbons (Fsp3) is 0.562. The summed E-state index contributed by atoms with van der Waals surface area (Å²) in [6.07, 6.45) is 0. The van der Waals surface area contributed by atoms with Gasteiger partial charge in [0, 0.05) is 37.9 Å². The predicted molar refractivity (Wildman–Crippen MR) is 84.9 cm³/mol. The number of anilines is 1. The Labute approximate surface area is 126 Å². The van der Waals surface area contributed by atoms with Crippen LogP contribution in [0.4, 0.5) is 5.69 Å². The Morgan fingerprint density at radius 1 is 1.19 bits per heavy atom. The maximum atomic E-state index is 11.8. The lowest BCUT2D eigenvalue weighted by atomic mass is 10.2. The van der Waals surface area contributed by atoms with Gasteiger partial charge in [-0.2, -0.15) is 0 Å². The number of ether oxygens (including phenoxy) is 1. The summed E-state index contributed by atoms with van der Waals surface area (Å²) in [7, 11) is 1.68. The molecule has 5 nitrogen and oxygen atoms in total. The Morgan fingerprint density at radius 2 is 1.81 bits per heavy atom. The molecule has 0 aliphatic carbocycles. The van der Waals surface area contributed by atoms with Crippen molar-refractivity contribution in [3.05, 3.63) is 24.3 Å². The number of piperazine rings is 1. The summed E-state index contributed by atoms with van der Waals surface area (Å²) in [5.41, 5.74) is 1.21. The van der Waals surface area contributed by atoms with Crippen LogP contribution in [-0.4, -0.2) is 56.7 Å². The van der Waals surface area contributed by atoms with E-state index in [0.717, 1.165) is 31.9 Å². The molecule has 1 N–H and O–H groups in total. The summed E-state index contributed by atoms with van der Waals surface area (Å²) < 4.78 is 5.18. The Morgan fingerprint density at radius 3 is 2.33 bits per heavy atom. The maximum absolute atomic E-state index is 11.8. The van der Waals surface area contributed by atoms with Gasteiger partial charge in [-0.3, -0.25) is 9.69 Å². The molecule has 1 aliphatic rings. The second-order valence-electron chi connectivity index (χ2n) is 5.68. The van der Waals surface area contributed by atoms with Crippen LogP contribution in [0.25, 0.3) is 0 Å². The van der Waals surface area contributed by atoms with Crippen molar-refractivity contribution >= 4 is 11.6 Å². The van der Waals surface area contributed by atoms with Crippen molar-refractivity contribution in [1.29, 1.82) is 0 Å². The summed E-state index contributed by atoms with van der Waals surface area (Å²) in [5.74, 6) is 0.991. The highest BCUT2D eigenvalue weighted by molar-refractivity contribution is 5.78. The van der Waals surface area contributed by atoms with Gasteiger partial charge in [0.15, 0.2) is 0 Å². The first-order valence-corrected chi connectivity index (χ1v) is 7.49. The second kappa shape index (κ2) is 7.31. The molecule has 0 spiro atoms. The molecular formula is C16H25N3O2. The summed E-state index contributed by atoms with van der Waals surface area (Å²) >= 11 is 0. The van der Waals surface area contributed by atoms with Crippen molar-refractivity contribution in [3.63, 3.8) is 0 Å². The highest BCUT2D eigenvalue weighted by Crippen LogP contribution is 2.20. The number of carbonyl (C=O) groups is 1. The van der Waals surface area contributed by atoms with Crippen molar-refractivity contribution in [2.75, 3.05) is 44.7 Å². The number of methoxy groups -OCH3 is 1. The molecule has 5 heteroatoms. The molecule has 0 radical (unpaired) electrons. The van der Waals surface area contributed by atoms with Crippen molar-refractivity contribution in [1.82, 2.24) is 10.2 Å². The van der Waals surface area contributed by atoms with E-state index in [0.29, 0.717) is 6.54 Å². The van der Waals surface area contributed by atoms with E-state index in [4.69, 9.17) is 4.74 Å². The topological polar surface area (TPSA) is 44.8 Å². The average Bonchev–Trinajstić information content (AvgIpc) is 2.47. The number of nitrogens with one attached hydrogen (secondary N) is 1. The smallest absolute Gasteiger partial charge is 0.234 e. The van der Waals surface area contributed by atoms with Gasteiger partial charge in [0.25, 0.3) is 0 Å². The van der Waals surface area contributed by atoms with Crippen molar-refractivity contribution in [2.45, 2.75) is 19.9 Å².